The second-order valence-electron chi connectivity index (χ2n) is 5.50. The van der Waals surface area contributed by atoms with E-state index >= 15 is 0 Å². The molecule has 0 aliphatic heterocycles. The first-order valence-electron chi connectivity index (χ1n) is 7.01. The van der Waals surface area contributed by atoms with Crippen molar-refractivity contribution in [3.05, 3.63) is 40.6 Å². The van der Waals surface area contributed by atoms with E-state index in [1.54, 1.807) is 0 Å². The maximum absolute atomic E-state index is 11.3. The molecule has 2 rings (SSSR count). The largest absolute Gasteiger partial charge is 0.375 e. The molecule has 1 aromatic heterocycles. The minimum Gasteiger partial charge on any atom is -0.375 e. The molecule has 0 bridgehead atoms. The van der Waals surface area contributed by atoms with Crippen molar-refractivity contribution in [1.82, 2.24) is 4.98 Å². The molecule has 112 valence electrons. The number of rotatable bonds is 6. The Morgan fingerprint density at radius 1 is 1.38 bits per heavy atom. The molecule has 1 atom stereocenters. The quantitative estimate of drug-likeness (QED) is 0.629. The number of hydrogen-bond acceptors (Lipinski definition) is 5. The molecule has 21 heavy (non-hydrogen) atoms. The summed E-state index contributed by atoms with van der Waals surface area (Å²) in [6.07, 6.45) is 2.15. The highest BCUT2D eigenvalue weighted by Crippen LogP contribution is 2.32. The van der Waals surface area contributed by atoms with Crippen molar-refractivity contribution in [3.63, 3.8) is 0 Å². The Morgan fingerprint density at radius 3 is 2.71 bits per heavy atom. The molecular formula is C15H20N4O2. The Bertz CT molecular complexity index is 643. The van der Waals surface area contributed by atoms with Crippen LogP contribution in [0, 0.1) is 16.0 Å². The van der Waals surface area contributed by atoms with Gasteiger partial charge in [-0.3, -0.25) is 10.1 Å². The molecule has 1 unspecified atom stereocenters. The van der Waals surface area contributed by atoms with Crippen LogP contribution in [0.3, 0.4) is 0 Å². The normalized spacial score (nSPS) is 12.6. The number of benzene rings is 1. The van der Waals surface area contributed by atoms with E-state index in [1.165, 1.54) is 6.20 Å². The van der Waals surface area contributed by atoms with Gasteiger partial charge in [-0.1, -0.05) is 32.0 Å². The van der Waals surface area contributed by atoms with Crippen LogP contribution in [0.2, 0.25) is 0 Å². The summed E-state index contributed by atoms with van der Waals surface area (Å²) in [5.74, 6) is 0.457. The molecule has 6 heteroatoms. The molecule has 0 saturated carbocycles. The van der Waals surface area contributed by atoms with Crippen LogP contribution in [0.15, 0.2) is 30.5 Å². The van der Waals surface area contributed by atoms with Crippen LogP contribution in [-0.2, 0) is 0 Å². The van der Waals surface area contributed by atoms with Crippen LogP contribution < -0.4 is 11.1 Å². The average Bonchev–Trinajstić information content (AvgIpc) is 2.45. The van der Waals surface area contributed by atoms with Crippen LogP contribution in [0.5, 0.6) is 0 Å². The van der Waals surface area contributed by atoms with Gasteiger partial charge in [-0.2, -0.15) is 0 Å². The van der Waals surface area contributed by atoms with Crippen molar-refractivity contribution in [2.24, 2.45) is 11.7 Å². The van der Waals surface area contributed by atoms with E-state index in [0.717, 1.165) is 17.3 Å². The monoisotopic (exact) mass is 288 g/mol. The first-order valence-corrected chi connectivity index (χ1v) is 7.01. The molecule has 1 heterocycles. The molecule has 0 aliphatic rings. The van der Waals surface area contributed by atoms with Crippen molar-refractivity contribution in [1.29, 1.82) is 0 Å². The SMILES string of the molecule is CC(C)CC(CN)Nc1c([N+](=O)[O-])cnc2ccccc12. The number of para-hydroxylation sites is 1. The summed E-state index contributed by atoms with van der Waals surface area (Å²) in [5.41, 5.74) is 7.00. The minimum absolute atomic E-state index is 0.00509. The zero-order valence-corrected chi connectivity index (χ0v) is 12.2. The van der Waals surface area contributed by atoms with Gasteiger partial charge < -0.3 is 11.1 Å². The third-order valence-corrected chi connectivity index (χ3v) is 3.34. The maximum atomic E-state index is 11.3. The van der Waals surface area contributed by atoms with Crippen molar-refractivity contribution in [2.45, 2.75) is 26.3 Å². The number of fused-ring (bicyclic) bond motifs is 1. The molecule has 0 fully saturated rings. The molecule has 0 aliphatic carbocycles. The number of nitrogens with zero attached hydrogens (tertiary/aromatic N) is 2. The number of pyridine rings is 1. The maximum Gasteiger partial charge on any atom is 0.311 e. The first kappa shape index (κ1) is 15.2. The third kappa shape index (κ3) is 3.46. The fraction of sp³-hybridized carbons (Fsp3) is 0.400. The highest BCUT2D eigenvalue weighted by atomic mass is 16.6. The lowest BCUT2D eigenvalue weighted by Gasteiger charge is -2.20. The first-order chi connectivity index (χ1) is 10.0. The van der Waals surface area contributed by atoms with Crippen molar-refractivity contribution >= 4 is 22.3 Å². The fourth-order valence-electron chi connectivity index (χ4n) is 2.41. The van der Waals surface area contributed by atoms with Gasteiger partial charge >= 0.3 is 5.69 Å². The van der Waals surface area contributed by atoms with Crippen LogP contribution in [-0.4, -0.2) is 22.5 Å². The van der Waals surface area contributed by atoms with Crippen molar-refractivity contribution in [3.8, 4) is 0 Å². The van der Waals surface area contributed by atoms with Gasteiger partial charge in [-0.15, -0.1) is 0 Å². The van der Waals surface area contributed by atoms with Crippen LogP contribution in [0.25, 0.3) is 10.9 Å². The second-order valence-corrected chi connectivity index (χ2v) is 5.50. The molecule has 1 aromatic carbocycles. The van der Waals surface area contributed by atoms with Crippen LogP contribution in [0.1, 0.15) is 20.3 Å². The molecule has 0 amide bonds. The summed E-state index contributed by atoms with van der Waals surface area (Å²) in [5, 5.41) is 15.2. The third-order valence-electron chi connectivity index (χ3n) is 3.34. The van der Waals surface area contributed by atoms with Gasteiger partial charge in [0.2, 0.25) is 0 Å². The van der Waals surface area contributed by atoms with E-state index in [1.807, 2.05) is 24.3 Å². The predicted molar refractivity (Wildman–Crippen MR) is 84.3 cm³/mol. The van der Waals surface area contributed by atoms with E-state index in [-0.39, 0.29) is 11.7 Å². The number of nitrogens with two attached hydrogens (primary N) is 1. The Balaban J connectivity index is 2.48. The van der Waals surface area contributed by atoms with Gasteiger partial charge in [0.05, 0.1) is 10.4 Å². The number of aromatic nitrogens is 1. The Hall–Kier alpha value is -2.21. The summed E-state index contributed by atoms with van der Waals surface area (Å²) < 4.78 is 0. The Kier molecular flexibility index (Phi) is 4.70. The van der Waals surface area contributed by atoms with Crippen LogP contribution >= 0.6 is 0 Å². The number of nitro groups is 1. The van der Waals surface area contributed by atoms with Gasteiger partial charge in [-0.25, -0.2) is 4.98 Å². The molecule has 3 N–H and O–H groups in total. The molecule has 0 saturated heterocycles. The summed E-state index contributed by atoms with van der Waals surface area (Å²) in [7, 11) is 0. The zero-order valence-electron chi connectivity index (χ0n) is 12.2. The molecule has 0 spiro atoms. The van der Waals surface area contributed by atoms with Gasteiger partial charge in [0.15, 0.2) is 0 Å². The highest BCUT2D eigenvalue weighted by Gasteiger charge is 2.20. The predicted octanol–water partition coefficient (Wildman–Crippen LogP) is 2.93. The van der Waals surface area contributed by atoms with Crippen LogP contribution in [0.4, 0.5) is 11.4 Å². The molecule has 6 nitrogen and oxygen atoms in total. The lowest BCUT2D eigenvalue weighted by atomic mass is 10.0. The minimum atomic E-state index is -0.412. The van der Waals surface area contributed by atoms with Crippen molar-refractivity contribution < 1.29 is 4.92 Å². The average molecular weight is 288 g/mol. The van der Waals surface area contributed by atoms with E-state index in [4.69, 9.17) is 5.73 Å². The summed E-state index contributed by atoms with van der Waals surface area (Å²) in [6.45, 7) is 4.62. The highest BCUT2D eigenvalue weighted by molar-refractivity contribution is 5.95. The van der Waals surface area contributed by atoms with Crippen molar-refractivity contribution in [2.75, 3.05) is 11.9 Å². The fourth-order valence-corrected chi connectivity index (χ4v) is 2.41. The smallest absolute Gasteiger partial charge is 0.311 e. The number of hydrogen-bond donors (Lipinski definition) is 2. The van der Waals surface area contributed by atoms with E-state index < -0.39 is 4.92 Å². The van der Waals surface area contributed by atoms with Gasteiger partial charge in [0, 0.05) is 18.0 Å². The second kappa shape index (κ2) is 6.49. The summed E-state index contributed by atoms with van der Waals surface area (Å²) >= 11 is 0. The molecule has 2 aromatic rings. The standard InChI is InChI=1S/C15H20N4O2/c1-10(2)7-11(8-16)18-15-12-5-3-4-6-13(12)17-9-14(15)19(20)21/h3-6,9-11H,7-8,16H2,1-2H3,(H,17,18). The zero-order chi connectivity index (χ0) is 15.4. The van der Waals surface area contributed by atoms with Gasteiger partial charge in [0.25, 0.3) is 0 Å². The Morgan fingerprint density at radius 2 is 2.10 bits per heavy atom. The number of nitrogens with one attached hydrogen (secondary N) is 1. The molecular weight excluding hydrogens is 268 g/mol. The molecule has 0 radical (unpaired) electrons. The van der Waals surface area contributed by atoms with Gasteiger partial charge in [-0.05, 0) is 18.4 Å². The van der Waals surface area contributed by atoms with E-state index in [2.05, 4.69) is 24.1 Å². The van der Waals surface area contributed by atoms with E-state index in [0.29, 0.717) is 18.2 Å². The van der Waals surface area contributed by atoms with E-state index in [9.17, 15) is 10.1 Å². The topological polar surface area (TPSA) is 94.1 Å². The summed E-state index contributed by atoms with van der Waals surface area (Å²) in [6, 6.07) is 7.37. The number of anilines is 1. The Labute approximate surface area is 123 Å². The lowest BCUT2D eigenvalue weighted by molar-refractivity contribution is -0.384. The summed E-state index contributed by atoms with van der Waals surface area (Å²) in [4.78, 5) is 15.0. The lowest BCUT2D eigenvalue weighted by Crippen LogP contribution is -2.30. The van der Waals surface area contributed by atoms with Gasteiger partial charge in [0.1, 0.15) is 11.9 Å².